The molecule has 3 rings (SSSR count). The second-order valence-corrected chi connectivity index (χ2v) is 8.62. The van der Waals surface area contributed by atoms with Gasteiger partial charge in [0.05, 0.1) is 12.9 Å². The third-order valence-electron chi connectivity index (χ3n) is 4.37. The van der Waals surface area contributed by atoms with Crippen molar-refractivity contribution in [1.29, 1.82) is 0 Å². The average molecular weight is 392 g/mol. The van der Waals surface area contributed by atoms with E-state index in [2.05, 4.69) is 4.72 Å². The van der Waals surface area contributed by atoms with Crippen molar-refractivity contribution in [1.82, 2.24) is 4.57 Å². The molecule has 146 valence electrons. The lowest BCUT2D eigenvalue weighted by molar-refractivity contribution is 0.00768. The van der Waals surface area contributed by atoms with E-state index in [1.165, 1.54) is 4.57 Å². The molecule has 1 aromatic carbocycles. The number of rotatable bonds is 5. The minimum absolute atomic E-state index is 0.0557. The molecule has 1 aliphatic heterocycles. The monoisotopic (exact) mass is 392 g/mol. The Morgan fingerprint density at radius 1 is 1.30 bits per heavy atom. The van der Waals surface area contributed by atoms with E-state index in [9.17, 15) is 13.2 Å². The number of hydrogen-bond acceptors (Lipinski definition) is 5. The van der Waals surface area contributed by atoms with Crippen LogP contribution in [0.3, 0.4) is 0 Å². The molecule has 0 bridgehead atoms. The molecule has 1 aromatic heterocycles. The van der Waals surface area contributed by atoms with E-state index in [-0.39, 0.29) is 11.7 Å². The summed E-state index contributed by atoms with van der Waals surface area (Å²) >= 11 is 0. The molecule has 1 aliphatic rings. The van der Waals surface area contributed by atoms with Gasteiger partial charge in [-0.3, -0.25) is 9.52 Å². The quantitative estimate of drug-likeness (QED) is 0.844. The van der Waals surface area contributed by atoms with Crippen LogP contribution < -0.4 is 15.0 Å². The largest absolute Gasteiger partial charge is 0.487 e. The molecule has 0 spiro atoms. The molecule has 7 nitrogen and oxygen atoms in total. The molecule has 2 heterocycles. The highest BCUT2D eigenvalue weighted by atomic mass is 32.2. The van der Waals surface area contributed by atoms with Crippen LogP contribution >= 0.6 is 0 Å². The van der Waals surface area contributed by atoms with Crippen LogP contribution in [-0.2, 0) is 21.8 Å². The van der Waals surface area contributed by atoms with Gasteiger partial charge >= 0.3 is 0 Å². The molecule has 0 radical (unpaired) electrons. The number of aromatic nitrogens is 1. The molecule has 1 fully saturated rings. The minimum atomic E-state index is -3.41. The third-order valence-corrected chi connectivity index (χ3v) is 4.97. The predicted molar refractivity (Wildman–Crippen MR) is 105 cm³/mol. The van der Waals surface area contributed by atoms with Gasteiger partial charge in [-0.1, -0.05) is 0 Å². The molecule has 8 heteroatoms. The Labute approximate surface area is 159 Å². The lowest BCUT2D eigenvalue weighted by atomic mass is 10.0. The van der Waals surface area contributed by atoms with Gasteiger partial charge in [0.15, 0.2) is 0 Å². The van der Waals surface area contributed by atoms with Crippen LogP contribution in [0.2, 0.25) is 0 Å². The molecule has 2 aromatic rings. The molecule has 1 saturated heterocycles. The number of aryl methyl sites for hydroxylation is 2. The minimum Gasteiger partial charge on any atom is -0.487 e. The highest BCUT2D eigenvalue weighted by molar-refractivity contribution is 7.92. The second-order valence-electron chi connectivity index (χ2n) is 6.87. The van der Waals surface area contributed by atoms with Gasteiger partial charge in [0.2, 0.25) is 10.0 Å². The van der Waals surface area contributed by atoms with E-state index in [4.69, 9.17) is 9.47 Å². The highest BCUT2D eigenvalue weighted by Crippen LogP contribution is 2.34. The number of nitrogens with zero attached hydrogens (tertiary/aromatic N) is 1. The van der Waals surface area contributed by atoms with Crippen molar-refractivity contribution in [2.45, 2.75) is 25.9 Å². The van der Waals surface area contributed by atoms with Gasteiger partial charge in [-0.15, -0.1) is 0 Å². The number of benzene rings is 1. The summed E-state index contributed by atoms with van der Waals surface area (Å²) in [6.45, 7) is 3.01. The average Bonchev–Trinajstić information content (AvgIpc) is 2.60. The molecule has 1 N–H and O–H groups in total. The van der Waals surface area contributed by atoms with E-state index in [0.717, 1.165) is 31.3 Å². The molecule has 0 aliphatic carbocycles. The summed E-state index contributed by atoms with van der Waals surface area (Å²) < 4.78 is 38.8. The Morgan fingerprint density at radius 2 is 2.07 bits per heavy atom. The fraction of sp³-hybridized carbons (Fsp3) is 0.421. The number of anilines is 1. The maximum absolute atomic E-state index is 12.0. The van der Waals surface area contributed by atoms with Crippen molar-refractivity contribution in [2.24, 2.45) is 7.05 Å². The summed E-state index contributed by atoms with van der Waals surface area (Å²) in [5, 5.41) is 0. The summed E-state index contributed by atoms with van der Waals surface area (Å²) in [5.41, 5.74) is 2.45. The maximum Gasteiger partial charge on any atom is 0.253 e. The fourth-order valence-electron chi connectivity index (χ4n) is 3.14. The zero-order valence-electron chi connectivity index (χ0n) is 15.7. The van der Waals surface area contributed by atoms with Crippen LogP contribution in [0.15, 0.2) is 35.3 Å². The van der Waals surface area contributed by atoms with Crippen molar-refractivity contribution in [3.05, 3.63) is 46.4 Å². The van der Waals surface area contributed by atoms with E-state index in [0.29, 0.717) is 29.2 Å². The Bertz CT molecular complexity index is 965. The van der Waals surface area contributed by atoms with Crippen LogP contribution in [0.25, 0.3) is 11.1 Å². The molecule has 0 amide bonds. The SMILES string of the molecule is Cc1cc(-c2cc(NS(C)(=O)=O)ccc2OC2CCCOC2)cn(C)c1=O. The van der Waals surface area contributed by atoms with Crippen molar-refractivity contribution in [3.63, 3.8) is 0 Å². The normalized spacial score (nSPS) is 17.5. The smallest absolute Gasteiger partial charge is 0.253 e. The Kier molecular flexibility index (Phi) is 5.57. The summed E-state index contributed by atoms with van der Waals surface area (Å²) in [5.74, 6) is 0.627. The number of ether oxygens (including phenoxy) is 2. The number of hydrogen-bond donors (Lipinski definition) is 1. The summed E-state index contributed by atoms with van der Waals surface area (Å²) in [7, 11) is -1.72. The predicted octanol–water partition coefficient (Wildman–Crippen LogP) is 2.29. The van der Waals surface area contributed by atoms with Crippen LogP contribution in [0.5, 0.6) is 5.75 Å². The van der Waals surface area contributed by atoms with Crippen LogP contribution in [-0.4, -0.2) is 38.6 Å². The second kappa shape index (κ2) is 7.74. The first-order valence-electron chi connectivity index (χ1n) is 8.77. The zero-order valence-corrected chi connectivity index (χ0v) is 16.5. The molecular weight excluding hydrogens is 368 g/mol. The number of sulfonamides is 1. The molecule has 27 heavy (non-hydrogen) atoms. The van der Waals surface area contributed by atoms with Crippen molar-refractivity contribution in [2.75, 3.05) is 24.2 Å². The third kappa shape index (κ3) is 4.90. The highest BCUT2D eigenvalue weighted by Gasteiger charge is 2.19. The topological polar surface area (TPSA) is 86.6 Å². The maximum atomic E-state index is 12.0. The van der Waals surface area contributed by atoms with Crippen molar-refractivity contribution < 1.29 is 17.9 Å². The Balaban J connectivity index is 2.05. The lowest BCUT2D eigenvalue weighted by Gasteiger charge is -2.25. The number of nitrogens with one attached hydrogen (secondary N) is 1. The van der Waals surface area contributed by atoms with E-state index in [1.807, 2.05) is 0 Å². The van der Waals surface area contributed by atoms with Gasteiger partial charge in [-0.2, -0.15) is 0 Å². The van der Waals surface area contributed by atoms with Gasteiger partial charge in [0, 0.05) is 42.2 Å². The van der Waals surface area contributed by atoms with Gasteiger partial charge in [0.1, 0.15) is 11.9 Å². The van der Waals surface area contributed by atoms with E-state index >= 15 is 0 Å². The fourth-order valence-corrected chi connectivity index (χ4v) is 3.70. The molecule has 0 saturated carbocycles. The lowest BCUT2D eigenvalue weighted by Crippen LogP contribution is -2.28. The van der Waals surface area contributed by atoms with Crippen LogP contribution in [0.4, 0.5) is 5.69 Å². The first-order chi connectivity index (χ1) is 12.7. The van der Waals surface area contributed by atoms with E-state index < -0.39 is 10.0 Å². The van der Waals surface area contributed by atoms with Gasteiger partial charge in [0.25, 0.3) is 5.56 Å². The first kappa shape index (κ1) is 19.4. The van der Waals surface area contributed by atoms with Crippen molar-refractivity contribution >= 4 is 15.7 Å². The Hall–Kier alpha value is -2.32. The van der Waals surface area contributed by atoms with Gasteiger partial charge < -0.3 is 14.0 Å². The standard InChI is InChI=1S/C19H24N2O5S/c1-13-9-14(11-21(2)19(13)22)17-10-15(20-27(3,23)24)6-7-18(17)26-16-5-4-8-25-12-16/h6-7,9-11,16,20H,4-5,8,12H2,1-3H3. The zero-order chi connectivity index (χ0) is 19.6. The molecule has 1 atom stereocenters. The molecule has 1 unspecified atom stereocenters. The van der Waals surface area contributed by atoms with Crippen LogP contribution in [0, 0.1) is 6.92 Å². The summed E-state index contributed by atoms with van der Waals surface area (Å²) in [6.07, 6.45) is 4.60. The van der Waals surface area contributed by atoms with Gasteiger partial charge in [-0.05, 0) is 44.0 Å². The summed E-state index contributed by atoms with van der Waals surface area (Å²) in [6, 6.07) is 6.92. The van der Waals surface area contributed by atoms with Gasteiger partial charge in [-0.25, -0.2) is 8.42 Å². The first-order valence-corrected chi connectivity index (χ1v) is 10.7. The molecular formula is C19H24N2O5S. The summed E-state index contributed by atoms with van der Waals surface area (Å²) in [4.78, 5) is 12.0. The van der Waals surface area contributed by atoms with Crippen molar-refractivity contribution in [3.8, 4) is 16.9 Å². The van der Waals surface area contributed by atoms with E-state index in [1.54, 1.807) is 44.4 Å². The van der Waals surface area contributed by atoms with Crippen LogP contribution in [0.1, 0.15) is 18.4 Å². The Morgan fingerprint density at radius 3 is 2.70 bits per heavy atom. The number of pyridine rings is 1.